The van der Waals surface area contributed by atoms with Crippen molar-refractivity contribution in [1.29, 1.82) is 0 Å². The molecule has 2 aromatic rings. The SMILES string of the molecule is CC[C@H](C)[C@H](NC(=O)[C@H](Cc1cnc[nH]1)NC(C)=O)C(=O)NCC(=O)N1CCC[C@H]1C(=O)NCC(=O)N[C@@H](CCCN=C(N)N)C(=O)N[C@@H](C)C(=O)N[C@@H](Cc1ccccc1)C(=O)N[C@@H](CS)C(N)=O. The van der Waals surface area contributed by atoms with Crippen LogP contribution < -0.4 is 59.7 Å². The normalized spacial score (nSPS) is 16.0. The summed E-state index contributed by atoms with van der Waals surface area (Å²) < 4.78 is 0. The summed E-state index contributed by atoms with van der Waals surface area (Å²) in [6.07, 6.45) is 4.42. The zero-order valence-corrected chi connectivity index (χ0v) is 40.6. The molecule has 1 aromatic carbocycles. The number of likely N-dealkylation sites (tertiary alicyclic amines) is 1. The Morgan fingerprint density at radius 2 is 1.46 bits per heavy atom. The number of aromatic amines is 1. The molecule has 3 rings (SSSR count). The largest absolute Gasteiger partial charge is 0.370 e. The van der Waals surface area contributed by atoms with Crippen molar-refractivity contribution in [1.82, 2.24) is 57.4 Å². The molecule has 0 bridgehead atoms. The van der Waals surface area contributed by atoms with Gasteiger partial charge in [0.1, 0.15) is 42.3 Å². The minimum Gasteiger partial charge on any atom is -0.370 e. The Bertz CT molecular complexity index is 2160. The van der Waals surface area contributed by atoms with Gasteiger partial charge in [-0.25, -0.2) is 4.98 Å². The van der Waals surface area contributed by atoms with Crippen molar-refractivity contribution >= 4 is 77.7 Å². The molecule has 1 aliphatic heterocycles. The number of guanidine groups is 1. The van der Waals surface area contributed by atoms with Crippen LogP contribution >= 0.6 is 12.6 Å². The van der Waals surface area contributed by atoms with Gasteiger partial charge in [0.2, 0.25) is 59.1 Å². The molecular formula is C44H67N15O10S. The zero-order chi connectivity index (χ0) is 51.9. The van der Waals surface area contributed by atoms with Gasteiger partial charge in [-0.15, -0.1) is 0 Å². The number of nitrogens with two attached hydrogens (primary N) is 3. The molecule has 0 unspecified atom stereocenters. The minimum atomic E-state index is -1.26. The number of rotatable bonds is 28. The fourth-order valence-corrected chi connectivity index (χ4v) is 7.53. The highest BCUT2D eigenvalue weighted by Gasteiger charge is 2.36. The zero-order valence-electron chi connectivity index (χ0n) is 39.7. The molecule has 0 spiro atoms. The Morgan fingerprint density at radius 1 is 0.800 bits per heavy atom. The Labute approximate surface area is 411 Å². The van der Waals surface area contributed by atoms with E-state index in [0.717, 1.165) is 0 Å². The van der Waals surface area contributed by atoms with Gasteiger partial charge in [-0.1, -0.05) is 50.6 Å². The second-order valence-electron chi connectivity index (χ2n) is 16.8. The first-order valence-corrected chi connectivity index (χ1v) is 23.5. The number of carbonyl (C=O) groups excluding carboxylic acids is 10. The van der Waals surface area contributed by atoms with E-state index >= 15 is 0 Å². The molecule has 0 saturated carbocycles. The van der Waals surface area contributed by atoms with Gasteiger partial charge in [0, 0.05) is 50.5 Å². The third-order valence-electron chi connectivity index (χ3n) is 11.3. The number of imidazole rings is 1. The number of hydrogen-bond acceptors (Lipinski definition) is 13. The molecule has 1 aromatic heterocycles. The number of benzene rings is 1. The summed E-state index contributed by atoms with van der Waals surface area (Å²) in [5, 5.41) is 20.5. The fraction of sp³-hybridized carbons (Fsp3) is 0.545. The number of amides is 10. The lowest BCUT2D eigenvalue weighted by Gasteiger charge is -2.27. The summed E-state index contributed by atoms with van der Waals surface area (Å²) in [5.41, 5.74) is 17.5. The summed E-state index contributed by atoms with van der Waals surface area (Å²) in [7, 11) is 0. The van der Waals surface area contributed by atoms with Crippen LogP contribution in [0.25, 0.3) is 0 Å². The highest BCUT2D eigenvalue weighted by atomic mass is 32.1. The standard InChI is InChI=1S/C44H67N15O10S/c1-5-24(2)36(58-41(67)31(54-26(4)60)18-28-19-48-23-52-28)43(69)51-21-35(62)59-16-10-14-33(59)42(68)50-20-34(61)55-29(13-9-15-49-44(46)47)39(65)53-25(3)38(64)56-30(17-27-11-7-6-8-12-27)40(66)57-32(22-70)37(45)63/h6-8,11-12,19,23-25,29-33,36,70H,5,9-10,13-18,20-22H2,1-4H3,(H2,45,63)(H,48,52)(H,50,68)(H,51,69)(H,53,65)(H,54,60)(H,55,61)(H,56,64)(H,57,66)(H,58,67)(H4,46,47,49)/t24-,25-,29-,30-,31-,32-,33-,36-/m0/s1. The topological polar surface area (TPSA) is 389 Å². The van der Waals surface area contributed by atoms with Crippen LogP contribution in [-0.4, -0.2) is 154 Å². The van der Waals surface area contributed by atoms with Gasteiger partial charge in [-0.3, -0.25) is 52.9 Å². The van der Waals surface area contributed by atoms with Gasteiger partial charge in [0.25, 0.3) is 0 Å². The Kier molecular flexibility index (Phi) is 23.6. The Balaban J connectivity index is 1.62. The lowest BCUT2D eigenvalue weighted by atomic mass is 9.97. The monoisotopic (exact) mass is 997 g/mol. The van der Waals surface area contributed by atoms with E-state index in [2.05, 4.69) is 70.1 Å². The third-order valence-corrected chi connectivity index (χ3v) is 11.7. The van der Waals surface area contributed by atoms with Gasteiger partial charge in [0.15, 0.2) is 5.96 Å². The smallest absolute Gasteiger partial charge is 0.243 e. The summed E-state index contributed by atoms with van der Waals surface area (Å²) >= 11 is 4.06. The molecule has 0 aliphatic carbocycles. The van der Waals surface area contributed by atoms with Crippen LogP contribution in [0.5, 0.6) is 0 Å². The van der Waals surface area contributed by atoms with E-state index in [1.807, 2.05) is 6.92 Å². The number of aliphatic imine (C=N–C) groups is 1. The number of nitrogens with zero attached hydrogens (tertiary/aromatic N) is 3. The van der Waals surface area contributed by atoms with Crippen LogP contribution in [0.2, 0.25) is 0 Å². The van der Waals surface area contributed by atoms with Crippen molar-refractivity contribution in [3.05, 3.63) is 54.1 Å². The lowest BCUT2D eigenvalue weighted by Crippen LogP contribution is -2.58. The van der Waals surface area contributed by atoms with Crippen LogP contribution in [0.15, 0.2) is 47.8 Å². The molecular weight excluding hydrogens is 931 g/mol. The summed E-state index contributed by atoms with van der Waals surface area (Å²) in [4.78, 5) is 143. The number of nitrogens with one attached hydrogen (secondary N) is 9. The molecule has 70 heavy (non-hydrogen) atoms. The van der Waals surface area contributed by atoms with Crippen molar-refractivity contribution in [2.75, 3.05) is 31.9 Å². The van der Waals surface area contributed by atoms with E-state index in [4.69, 9.17) is 17.2 Å². The second-order valence-corrected chi connectivity index (χ2v) is 17.1. The van der Waals surface area contributed by atoms with Crippen molar-refractivity contribution in [2.24, 2.45) is 28.1 Å². The van der Waals surface area contributed by atoms with Gasteiger partial charge in [-0.05, 0) is 44.1 Å². The number of H-pyrrole nitrogens is 1. The molecule has 10 amide bonds. The van der Waals surface area contributed by atoms with E-state index in [1.54, 1.807) is 37.3 Å². The molecule has 2 heterocycles. The van der Waals surface area contributed by atoms with Gasteiger partial charge >= 0.3 is 0 Å². The maximum Gasteiger partial charge on any atom is 0.243 e. The summed E-state index contributed by atoms with van der Waals surface area (Å²) in [6.45, 7) is 5.35. The molecule has 15 N–H and O–H groups in total. The first-order chi connectivity index (χ1) is 33.2. The minimum absolute atomic E-state index is 0.00677. The van der Waals surface area contributed by atoms with Crippen molar-refractivity contribution in [2.45, 2.75) is 115 Å². The number of aromatic nitrogens is 2. The molecule has 384 valence electrons. The molecule has 8 atom stereocenters. The van der Waals surface area contributed by atoms with E-state index in [0.29, 0.717) is 24.1 Å². The van der Waals surface area contributed by atoms with E-state index in [9.17, 15) is 47.9 Å². The lowest BCUT2D eigenvalue weighted by molar-refractivity contribution is -0.139. The van der Waals surface area contributed by atoms with E-state index in [-0.39, 0.29) is 62.8 Å². The first kappa shape index (κ1) is 57.1. The average molecular weight is 998 g/mol. The van der Waals surface area contributed by atoms with Crippen molar-refractivity contribution < 1.29 is 47.9 Å². The number of hydrogen-bond donors (Lipinski definition) is 13. The molecule has 0 radical (unpaired) electrons. The predicted octanol–water partition coefficient (Wildman–Crippen LogP) is -4.12. The average Bonchev–Trinajstić information content (AvgIpc) is 4.04. The Morgan fingerprint density at radius 3 is 2.07 bits per heavy atom. The second kappa shape index (κ2) is 28.9. The van der Waals surface area contributed by atoms with Crippen LogP contribution in [0.1, 0.15) is 71.1 Å². The summed E-state index contributed by atoms with van der Waals surface area (Å²) in [6, 6.07) is 0.815. The molecule has 1 fully saturated rings. The maximum absolute atomic E-state index is 13.6. The van der Waals surface area contributed by atoms with E-state index < -0.39 is 114 Å². The van der Waals surface area contributed by atoms with E-state index in [1.165, 1.54) is 31.3 Å². The number of carbonyl (C=O) groups is 10. The molecule has 1 saturated heterocycles. The van der Waals surface area contributed by atoms with Gasteiger partial charge in [-0.2, -0.15) is 12.6 Å². The molecule has 25 nitrogen and oxygen atoms in total. The van der Waals surface area contributed by atoms with Crippen LogP contribution in [0.4, 0.5) is 0 Å². The maximum atomic E-state index is 13.6. The molecule has 1 aliphatic rings. The number of primary amides is 1. The highest BCUT2D eigenvalue weighted by Crippen LogP contribution is 2.18. The number of thiol groups is 1. The van der Waals surface area contributed by atoms with Crippen LogP contribution in [-0.2, 0) is 60.8 Å². The third kappa shape index (κ3) is 19.0. The van der Waals surface area contributed by atoms with Crippen LogP contribution in [0.3, 0.4) is 0 Å². The predicted molar refractivity (Wildman–Crippen MR) is 259 cm³/mol. The van der Waals surface area contributed by atoms with Crippen molar-refractivity contribution in [3.8, 4) is 0 Å². The fourth-order valence-electron chi connectivity index (χ4n) is 7.26. The van der Waals surface area contributed by atoms with Crippen LogP contribution in [0, 0.1) is 5.92 Å². The molecule has 26 heteroatoms. The quantitative estimate of drug-likeness (QED) is 0.0167. The Hall–Kier alpha value is -7.25. The van der Waals surface area contributed by atoms with Gasteiger partial charge in [0.05, 0.1) is 19.4 Å². The van der Waals surface area contributed by atoms with Gasteiger partial charge < -0.3 is 69.6 Å². The van der Waals surface area contributed by atoms with Crippen molar-refractivity contribution in [3.63, 3.8) is 0 Å². The summed E-state index contributed by atoms with van der Waals surface area (Å²) in [5.74, 6) is -7.53. The first-order valence-electron chi connectivity index (χ1n) is 22.8. The highest BCUT2D eigenvalue weighted by molar-refractivity contribution is 7.80.